The highest BCUT2D eigenvalue weighted by Gasteiger charge is 2.17. The molecule has 1 N–H and O–H groups in total. The third-order valence-corrected chi connectivity index (χ3v) is 4.49. The molecule has 3 aromatic heterocycles. The van der Waals surface area contributed by atoms with Gasteiger partial charge in [0.15, 0.2) is 0 Å². The fraction of sp³-hybridized carbons (Fsp3) is 0.176. The molecule has 0 atom stereocenters. The van der Waals surface area contributed by atoms with E-state index in [4.69, 9.17) is 11.6 Å². The highest BCUT2D eigenvalue weighted by atomic mass is 35.5. The van der Waals surface area contributed by atoms with Gasteiger partial charge in [-0.2, -0.15) is 0 Å². The number of hydrogen-bond acceptors (Lipinski definition) is 5. The molecule has 0 aromatic carbocycles. The summed E-state index contributed by atoms with van der Waals surface area (Å²) >= 11 is 7.47. The lowest BCUT2D eigenvalue weighted by atomic mass is 9.99. The van der Waals surface area contributed by atoms with Crippen LogP contribution in [0.3, 0.4) is 0 Å². The van der Waals surface area contributed by atoms with E-state index >= 15 is 0 Å². The van der Waals surface area contributed by atoms with Crippen molar-refractivity contribution in [2.45, 2.75) is 20.8 Å². The monoisotopic (exact) mass is 358 g/mol. The van der Waals surface area contributed by atoms with Crippen molar-refractivity contribution < 1.29 is 4.79 Å². The molecule has 24 heavy (non-hydrogen) atoms. The third-order valence-electron chi connectivity index (χ3n) is 3.51. The van der Waals surface area contributed by atoms with Crippen LogP contribution in [0.4, 0.5) is 5.82 Å². The van der Waals surface area contributed by atoms with Gasteiger partial charge in [0.05, 0.1) is 5.01 Å². The Hall–Kier alpha value is -2.31. The lowest BCUT2D eigenvalue weighted by Crippen LogP contribution is -2.16. The Bertz CT molecular complexity index is 923. The van der Waals surface area contributed by atoms with E-state index in [9.17, 15) is 4.79 Å². The molecular formula is C17H15ClN4OS. The average Bonchev–Trinajstić information content (AvgIpc) is 2.94. The number of pyridine rings is 2. The molecule has 0 bridgehead atoms. The Labute approximate surface area is 148 Å². The number of thiazole rings is 1. The number of carbonyl (C=O) groups is 1. The summed E-state index contributed by atoms with van der Waals surface area (Å²) < 4.78 is 0. The first-order chi connectivity index (χ1) is 11.4. The van der Waals surface area contributed by atoms with E-state index in [-0.39, 0.29) is 5.91 Å². The number of rotatable bonds is 3. The van der Waals surface area contributed by atoms with Crippen molar-refractivity contribution in [1.29, 1.82) is 0 Å². The normalized spacial score (nSPS) is 10.7. The predicted molar refractivity (Wildman–Crippen MR) is 96.8 cm³/mol. The predicted octanol–water partition coefficient (Wildman–Crippen LogP) is 4.43. The van der Waals surface area contributed by atoms with Gasteiger partial charge in [-0.25, -0.2) is 15.0 Å². The summed E-state index contributed by atoms with van der Waals surface area (Å²) in [5.41, 5.74) is 3.72. The van der Waals surface area contributed by atoms with Crippen LogP contribution in [0.1, 0.15) is 26.8 Å². The largest absolute Gasteiger partial charge is 0.304 e. The maximum Gasteiger partial charge on any atom is 0.275 e. The van der Waals surface area contributed by atoms with Crippen LogP contribution in [-0.2, 0) is 0 Å². The smallest absolute Gasteiger partial charge is 0.275 e. The van der Waals surface area contributed by atoms with E-state index in [1.54, 1.807) is 12.3 Å². The highest BCUT2D eigenvalue weighted by Crippen LogP contribution is 2.27. The summed E-state index contributed by atoms with van der Waals surface area (Å²) in [6.45, 7) is 5.62. The lowest BCUT2D eigenvalue weighted by molar-refractivity contribution is 0.102. The van der Waals surface area contributed by atoms with Gasteiger partial charge in [-0.1, -0.05) is 11.6 Å². The second kappa shape index (κ2) is 6.67. The number of amides is 1. The fourth-order valence-electron chi connectivity index (χ4n) is 2.42. The second-order valence-corrected chi connectivity index (χ2v) is 6.81. The van der Waals surface area contributed by atoms with Crippen LogP contribution < -0.4 is 5.32 Å². The van der Waals surface area contributed by atoms with Gasteiger partial charge in [0.2, 0.25) is 0 Å². The Kier molecular flexibility index (Phi) is 4.59. The minimum atomic E-state index is -0.275. The van der Waals surface area contributed by atoms with Crippen LogP contribution >= 0.6 is 22.9 Å². The standard InChI is InChI=1S/C17H15ClN4OS/c1-9-6-13(12-4-5-19-14(18)7-12)10(2)16(20-9)17(23)22-15-8-24-11(3)21-15/h4-8H,1-3H3,(H,22,23). The van der Waals surface area contributed by atoms with Gasteiger partial charge in [0.25, 0.3) is 5.91 Å². The number of aryl methyl sites for hydroxylation is 2. The van der Waals surface area contributed by atoms with Crippen molar-refractivity contribution in [3.8, 4) is 11.1 Å². The molecule has 0 fully saturated rings. The molecule has 0 aliphatic rings. The molecule has 0 saturated heterocycles. The first-order valence-corrected chi connectivity index (χ1v) is 8.53. The number of aromatic nitrogens is 3. The summed E-state index contributed by atoms with van der Waals surface area (Å²) in [5.74, 6) is 0.265. The molecule has 5 nitrogen and oxygen atoms in total. The molecule has 3 heterocycles. The fourth-order valence-corrected chi connectivity index (χ4v) is 3.14. The van der Waals surface area contributed by atoms with Crippen molar-refractivity contribution in [2.24, 2.45) is 0 Å². The summed E-state index contributed by atoms with van der Waals surface area (Å²) in [6.07, 6.45) is 1.64. The molecular weight excluding hydrogens is 344 g/mol. The topological polar surface area (TPSA) is 67.8 Å². The van der Waals surface area contributed by atoms with Crippen LogP contribution in [0.5, 0.6) is 0 Å². The van der Waals surface area contributed by atoms with Crippen LogP contribution in [-0.4, -0.2) is 20.9 Å². The zero-order chi connectivity index (χ0) is 17.3. The van der Waals surface area contributed by atoms with E-state index in [1.807, 2.05) is 38.3 Å². The van der Waals surface area contributed by atoms with Crippen molar-refractivity contribution in [3.63, 3.8) is 0 Å². The van der Waals surface area contributed by atoms with E-state index in [1.165, 1.54) is 11.3 Å². The third kappa shape index (κ3) is 3.44. The van der Waals surface area contributed by atoms with E-state index in [0.717, 1.165) is 27.4 Å². The van der Waals surface area contributed by atoms with Gasteiger partial charge in [0.1, 0.15) is 16.7 Å². The maximum absolute atomic E-state index is 12.6. The average molecular weight is 359 g/mol. The number of halogens is 1. The summed E-state index contributed by atoms with van der Waals surface area (Å²) in [5, 5.41) is 5.91. The molecule has 3 aromatic rings. The number of carbonyl (C=O) groups excluding carboxylic acids is 1. The Morgan fingerprint density at radius 3 is 2.67 bits per heavy atom. The number of nitrogens with zero attached hydrogens (tertiary/aromatic N) is 3. The molecule has 0 unspecified atom stereocenters. The molecule has 0 saturated carbocycles. The zero-order valence-corrected chi connectivity index (χ0v) is 15.0. The van der Waals surface area contributed by atoms with Crippen molar-refractivity contribution >= 4 is 34.7 Å². The first kappa shape index (κ1) is 16.5. The van der Waals surface area contributed by atoms with Gasteiger partial charge in [0, 0.05) is 17.3 Å². The second-order valence-electron chi connectivity index (χ2n) is 5.36. The quantitative estimate of drug-likeness (QED) is 0.703. The summed E-state index contributed by atoms with van der Waals surface area (Å²) in [6, 6.07) is 5.57. The molecule has 7 heteroatoms. The van der Waals surface area contributed by atoms with Crippen LogP contribution in [0.2, 0.25) is 5.15 Å². The number of hydrogen-bond donors (Lipinski definition) is 1. The minimum Gasteiger partial charge on any atom is -0.304 e. The number of anilines is 1. The number of nitrogens with one attached hydrogen (secondary N) is 1. The summed E-state index contributed by atoms with van der Waals surface area (Å²) in [4.78, 5) is 25.2. The van der Waals surface area contributed by atoms with Crippen molar-refractivity contribution in [2.75, 3.05) is 5.32 Å². The Balaban J connectivity index is 2.01. The van der Waals surface area contributed by atoms with E-state index in [0.29, 0.717) is 16.7 Å². The van der Waals surface area contributed by atoms with Gasteiger partial charge in [-0.15, -0.1) is 11.3 Å². The zero-order valence-electron chi connectivity index (χ0n) is 13.4. The van der Waals surface area contributed by atoms with E-state index in [2.05, 4.69) is 20.3 Å². The van der Waals surface area contributed by atoms with Crippen molar-refractivity contribution in [1.82, 2.24) is 15.0 Å². The van der Waals surface area contributed by atoms with Gasteiger partial charge in [-0.05, 0) is 55.7 Å². The van der Waals surface area contributed by atoms with E-state index < -0.39 is 0 Å². The molecule has 3 rings (SSSR count). The SMILES string of the molecule is Cc1cc(-c2ccnc(Cl)c2)c(C)c(C(=O)Nc2csc(C)n2)n1. The van der Waals surface area contributed by atoms with Crippen LogP contribution in [0, 0.1) is 20.8 Å². The minimum absolute atomic E-state index is 0.275. The van der Waals surface area contributed by atoms with Gasteiger partial charge < -0.3 is 5.32 Å². The van der Waals surface area contributed by atoms with Gasteiger partial charge in [-0.3, -0.25) is 4.79 Å². The highest BCUT2D eigenvalue weighted by molar-refractivity contribution is 7.09. The molecule has 0 radical (unpaired) electrons. The molecule has 122 valence electrons. The van der Waals surface area contributed by atoms with Crippen LogP contribution in [0.25, 0.3) is 11.1 Å². The van der Waals surface area contributed by atoms with Crippen molar-refractivity contribution in [3.05, 3.63) is 56.9 Å². The Morgan fingerprint density at radius 1 is 1.21 bits per heavy atom. The van der Waals surface area contributed by atoms with Crippen LogP contribution in [0.15, 0.2) is 29.8 Å². The first-order valence-electron chi connectivity index (χ1n) is 7.27. The Morgan fingerprint density at radius 2 is 2.00 bits per heavy atom. The lowest BCUT2D eigenvalue weighted by Gasteiger charge is -2.12. The van der Waals surface area contributed by atoms with Gasteiger partial charge >= 0.3 is 0 Å². The summed E-state index contributed by atoms with van der Waals surface area (Å²) in [7, 11) is 0. The molecule has 0 spiro atoms. The molecule has 0 aliphatic heterocycles. The molecule has 0 aliphatic carbocycles. The molecule has 1 amide bonds. The maximum atomic E-state index is 12.6.